The van der Waals surface area contributed by atoms with Crippen LogP contribution in [0.1, 0.15) is 26.5 Å². The number of aromatic nitrogens is 3. The Morgan fingerprint density at radius 1 is 1.08 bits per heavy atom. The molecule has 0 atom stereocenters. The molecule has 0 aliphatic carbocycles. The van der Waals surface area contributed by atoms with Crippen molar-refractivity contribution in [3.05, 3.63) is 47.7 Å². The molecule has 0 aliphatic rings. The Balaban J connectivity index is 1.80. The fourth-order valence-electron chi connectivity index (χ4n) is 1.77. The first-order valence-corrected chi connectivity index (χ1v) is 7.22. The van der Waals surface area contributed by atoms with Crippen molar-refractivity contribution >= 4 is 11.9 Å². The SMILES string of the molecule is O=C(O)c1cnc(C(=O)NCCc2ccc(OCC(F)(F)F)nc2)cn1. The molecule has 2 aromatic heterocycles. The molecular weight excluding hydrogens is 357 g/mol. The highest BCUT2D eigenvalue weighted by atomic mass is 19.4. The summed E-state index contributed by atoms with van der Waals surface area (Å²) >= 11 is 0. The number of ether oxygens (including phenoxy) is 1. The van der Waals surface area contributed by atoms with E-state index in [4.69, 9.17) is 5.11 Å². The number of amides is 1. The van der Waals surface area contributed by atoms with Crippen LogP contribution in [0, 0.1) is 0 Å². The first kappa shape index (κ1) is 19.1. The molecule has 26 heavy (non-hydrogen) atoms. The number of nitrogens with zero attached hydrogens (tertiary/aromatic N) is 3. The van der Waals surface area contributed by atoms with Crippen LogP contribution in [0.2, 0.25) is 0 Å². The highest BCUT2D eigenvalue weighted by molar-refractivity contribution is 5.92. The molecule has 1 amide bonds. The summed E-state index contributed by atoms with van der Waals surface area (Å²) < 4.78 is 40.6. The molecule has 2 aromatic rings. The summed E-state index contributed by atoms with van der Waals surface area (Å²) in [6.07, 6.45) is -0.692. The highest BCUT2D eigenvalue weighted by Crippen LogP contribution is 2.17. The van der Waals surface area contributed by atoms with E-state index in [0.717, 1.165) is 12.4 Å². The van der Waals surface area contributed by atoms with E-state index in [1.807, 2.05) is 0 Å². The second kappa shape index (κ2) is 8.23. The summed E-state index contributed by atoms with van der Waals surface area (Å²) in [4.78, 5) is 33.5. The van der Waals surface area contributed by atoms with E-state index in [-0.39, 0.29) is 23.8 Å². The first-order chi connectivity index (χ1) is 12.2. The zero-order valence-electron chi connectivity index (χ0n) is 13.2. The van der Waals surface area contributed by atoms with Crippen LogP contribution < -0.4 is 10.1 Å². The minimum absolute atomic E-state index is 0.0379. The molecule has 0 aromatic carbocycles. The van der Waals surface area contributed by atoms with Crippen LogP contribution in [-0.4, -0.2) is 51.3 Å². The normalized spacial score (nSPS) is 11.0. The van der Waals surface area contributed by atoms with Crippen molar-refractivity contribution in [1.29, 1.82) is 0 Å². The Morgan fingerprint density at radius 3 is 2.31 bits per heavy atom. The van der Waals surface area contributed by atoms with E-state index in [1.54, 1.807) is 0 Å². The second-order valence-electron chi connectivity index (χ2n) is 5.01. The van der Waals surface area contributed by atoms with Crippen LogP contribution in [0.25, 0.3) is 0 Å². The molecule has 0 aliphatic heterocycles. The highest BCUT2D eigenvalue weighted by Gasteiger charge is 2.28. The van der Waals surface area contributed by atoms with Gasteiger partial charge in [-0.05, 0) is 12.0 Å². The van der Waals surface area contributed by atoms with Gasteiger partial charge in [0.05, 0.1) is 12.4 Å². The van der Waals surface area contributed by atoms with Gasteiger partial charge < -0.3 is 15.2 Å². The average molecular weight is 370 g/mol. The number of pyridine rings is 1. The number of carboxylic acids is 1. The lowest BCUT2D eigenvalue weighted by atomic mass is 10.2. The molecule has 0 saturated heterocycles. The number of nitrogens with one attached hydrogen (secondary N) is 1. The lowest BCUT2D eigenvalue weighted by molar-refractivity contribution is -0.154. The summed E-state index contributed by atoms with van der Waals surface area (Å²) in [5.74, 6) is -1.93. The molecule has 0 unspecified atom stereocenters. The van der Waals surface area contributed by atoms with Crippen LogP contribution in [0.5, 0.6) is 5.88 Å². The van der Waals surface area contributed by atoms with E-state index in [2.05, 4.69) is 25.0 Å². The van der Waals surface area contributed by atoms with E-state index in [9.17, 15) is 22.8 Å². The van der Waals surface area contributed by atoms with Gasteiger partial charge in [-0.15, -0.1) is 0 Å². The number of halogens is 3. The number of rotatable bonds is 7. The maximum atomic E-state index is 12.0. The van der Waals surface area contributed by atoms with E-state index in [1.165, 1.54) is 18.3 Å². The number of carbonyl (C=O) groups is 2. The third kappa shape index (κ3) is 6.00. The maximum Gasteiger partial charge on any atom is 0.422 e. The summed E-state index contributed by atoms with van der Waals surface area (Å²) in [5.41, 5.74) is 0.362. The molecular formula is C15H13F3N4O4. The molecule has 2 rings (SSSR count). The van der Waals surface area contributed by atoms with Gasteiger partial charge >= 0.3 is 12.1 Å². The predicted octanol–water partition coefficient (Wildman–Crippen LogP) is 1.48. The second-order valence-corrected chi connectivity index (χ2v) is 5.01. The quantitative estimate of drug-likeness (QED) is 0.759. The van der Waals surface area contributed by atoms with Crippen molar-refractivity contribution in [2.45, 2.75) is 12.6 Å². The average Bonchev–Trinajstić information content (AvgIpc) is 2.60. The third-order valence-corrected chi connectivity index (χ3v) is 2.98. The minimum atomic E-state index is -4.43. The lowest BCUT2D eigenvalue weighted by Crippen LogP contribution is -2.27. The third-order valence-electron chi connectivity index (χ3n) is 2.98. The number of carbonyl (C=O) groups excluding carboxylic acids is 1. The van der Waals surface area contributed by atoms with Gasteiger partial charge in [-0.1, -0.05) is 6.07 Å². The van der Waals surface area contributed by atoms with Crippen molar-refractivity contribution in [2.24, 2.45) is 0 Å². The molecule has 2 heterocycles. The predicted molar refractivity (Wildman–Crippen MR) is 80.8 cm³/mol. The summed E-state index contributed by atoms with van der Waals surface area (Å²) in [5, 5.41) is 11.3. The zero-order chi connectivity index (χ0) is 19.2. The van der Waals surface area contributed by atoms with E-state index in [0.29, 0.717) is 12.0 Å². The summed E-state index contributed by atoms with van der Waals surface area (Å²) in [6.45, 7) is -1.21. The molecule has 0 bridgehead atoms. The van der Waals surface area contributed by atoms with Gasteiger partial charge in [0.25, 0.3) is 5.91 Å². The van der Waals surface area contributed by atoms with Gasteiger partial charge in [-0.2, -0.15) is 13.2 Å². The van der Waals surface area contributed by atoms with Crippen molar-refractivity contribution in [1.82, 2.24) is 20.3 Å². The largest absolute Gasteiger partial charge is 0.476 e. The Kier molecular flexibility index (Phi) is 6.04. The topological polar surface area (TPSA) is 114 Å². The monoisotopic (exact) mass is 370 g/mol. The van der Waals surface area contributed by atoms with Crippen molar-refractivity contribution < 1.29 is 32.6 Å². The van der Waals surface area contributed by atoms with Crippen LogP contribution in [0.3, 0.4) is 0 Å². The van der Waals surface area contributed by atoms with E-state index < -0.39 is 24.7 Å². The van der Waals surface area contributed by atoms with Gasteiger partial charge in [-0.3, -0.25) is 4.79 Å². The number of aromatic carboxylic acids is 1. The smallest absolute Gasteiger partial charge is 0.422 e. The zero-order valence-corrected chi connectivity index (χ0v) is 13.2. The minimum Gasteiger partial charge on any atom is -0.476 e. The van der Waals surface area contributed by atoms with Crippen LogP contribution in [0.15, 0.2) is 30.7 Å². The van der Waals surface area contributed by atoms with Gasteiger partial charge in [-0.25, -0.2) is 19.7 Å². The summed E-state index contributed by atoms with van der Waals surface area (Å²) in [7, 11) is 0. The van der Waals surface area contributed by atoms with Gasteiger partial charge in [0.2, 0.25) is 5.88 Å². The maximum absolute atomic E-state index is 12.0. The fraction of sp³-hybridized carbons (Fsp3) is 0.267. The summed E-state index contributed by atoms with van der Waals surface area (Å²) in [6, 6.07) is 2.84. The van der Waals surface area contributed by atoms with Crippen LogP contribution in [0.4, 0.5) is 13.2 Å². The number of alkyl halides is 3. The van der Waals surface area contributed by atoms with E-state index >= 15 is 0 Å². The molecule has 11 heteroatoms. The molecule has 138 valence electrons. The molecule has 0 saturated carbocycles. The Hall–Kier alpha value is -3.24. The Bertz CT molecular complexity index is 764. The molecule has 2 N–H and O–H groups in total. The number of hydrogen-bond donors (Lipinski definition) is 2. The van der Waals surface area contributed by atoms with Gasteiger partial charge in [0.15, 0.2) is 12.3 Å². The Morgan fingerprint density at radius 2 is 1.77 bits per heavy atom. The molecule has 0 radical (unpaired) electrons. The van der Waals surface area contributed by atoms with Gasteiger partial charge in [0, 0.05) is 18.8 Å². The number of hydrogen-bond acceptors (Lipinski definition) is 6. The standard InChI is InChI=1S/C15H13F3N4O4/c16-15(17,18)8-26-12-2-1-9(5-22-12)3-4-19-13(23)10-6-21-11(7-20-10)14(24)25/h1-2,5-7H,3-4,8H2,(H,19,23)(H,24,25). The molecule has 0 fully saturated rings. The Labute approximate surface area is 145 Å². The fourth-order valence-corrected chi connectivity index (χ4v) is 1.77. The molecule has 8 nitrogen and oxygen atoms in total. The van der Waals surface area contributed by atoms with Crippen LogP contribution in [-0.2, 0) is 6.42 Å². The van der Waals surface area contributed by atoms with Crippen molar-refractivity contribution in [3.8, 4) is 5.88 Å². The van der Waals surface area contributed by atoms with Crippen molar-refractivity contribution in [3.63, 3.8) is 0 Å². The number of carboxylic acid groups (broad SMARTS) is 1. The lowest BCUT2D eigenvalue weighted by Gasteiger charge is -2.09. The molecule has 0 spiro atoms. The van der Waals surface area contributed by atoms with Crippen LogP contribution >= 0.6 is 0 Å². The van der Waals surface area contributed by atoms with Crippen molar-refractivity contribution in [2.75, 3.05) is 13.2 Å². The van der Waals surface area contributed by atoms with Gasteiger partial charge in [0.1, 0.15) is 5.69 Å². The first-order valence-electron chi connectivity index (χ1n) is 7.22.